The Bertz CT molecular complexity index is 686. The van der Waals surface area contributed by atoms with Crippen LogP contribution in [0.15, 0.2) is 29.2 Å². The van der Waals surface area contributed by atoms with Crippen LogP contribution in [0.5, 0.6) is 0 Å². The predicted molar refractivity (Wildman–Crippen MR) is 129 cm³/mol. The summed E-state index contributed by atoms with van der Waals surface area (Å²) in [5.74, 6) is 2.24. The van der Waals surface area contributed by atoms with Crippen LogP contribution in [0.1, 0.15) is 82.6 Å². The van der Waals surface area contributed by atoms with E-state index >= 15 is 0 Å². The third kappa shape index (κ3) is 14.6. The fourth-order valence-corrected chi connectivity index (χ4v) is 5.13. The quantitative estimate of drug-likeness (QED) is 0.134. The van der Waals surface area contributed by atoms with Gasteiger partial charge in [0.05, 0.1) is 18.6 Å². The normalized spacial score (nSPS) is 11.5. The lowest BCUT2D eigenvalue weighted by molar-refractivity contribution is -0.140. The fraction of sp³-hybridized carbons (Fsp3) is 0.708. The van der Waals surface area contributed by atoms with Gasteiger partial charge >= 0.3 is 5.97 Å². The highest BCUT2D eigenvalue weighted by molar-refractivity contribution is 7.99. The maximum absolute atomic E-state index is 12.1. The van der Waals surface area contributed by atoms with Crippen molar-refractivity contribution in [1.82, 2.24) is 0 Å². The topological polar surface area (TPSA) is 69.7 Å². The van der Waals surface area contributed by atoms with Crippen molar-refractivity contribution in [1.29, 1.82) is 0 Å². The van der Waals surface area contributed by atoms with Crippen molar-refractivity contribution in [2.45, 2.75) is 88.9 Å². The van der Waals surface area contributed by atoms with Crippen LogP contribution in [0.3, 0.4) is 0 Å². The first-order valence-electron chi connectivity index (χ1n) is 11.6. The second-order valence-corrected chi connectivity index (χ2v) is 10.8. The van der Waals surface area contributed by atoms with Gasteiger partial charge in [0.15, 0.2) is 0 Å². The summed E-state index contributed by atoms with van der Waals surface area (Å²) in [5.41, 5.74) is 1.03. The second kappa shape index (κ2) is 17.5. The number of rotatable bonds is 19. The molecule has 0 radical (unpaired) electrons. The Kier molecular flexibility index (Phi) is 15.8. The van der Waals surface area contributed by atoms with Gasteiger partial charge in [0, 0.05) is 6.42 Å². The molecule has 178 valence electrons. The first kappa shape index (κ1) is 28.0. The minimum atomic E-state index is -3.62. The Balaban J connectivity index is 1.84. The maximum atomic E-state index is 12.1. The van der Waals surface area contributed by atoms with Crippen LogP contribution in [-0.2, 0) is 23.8 Å². The minimum absolute atomic E-state index is 0.107. The van der Waals surface area contributed by atoms with E-state index in [4.69, 9.17) is 4.18 Å². The number of esters is 1. The Morgan fingerprint density at radius 2 is 1.32 bits per heavy atom. The van der Waals surface area contributed by atoms with Gasteiger partial charge < -0.3 is 4.74 Å². The molecule has 1 rings (SSSR count). The highest BCUT2D eigenvalue weighted by Crippen LogP contribution is 2.15. The Morgan fingerprint density at radius 3 is 1.90 bits per heavy atom. The van der Waals surface area contributed by atoms with Crippen molar-refractivity contribution >= 4 is 27.8 Å². The number of aryl methyl sites for hydroxylation is 1. The summed E-state index contributed by atoms with van der Waals surface area (Å²) in [7, 11) is -2.18. The molecule has 7 heteroatoms. The zero-order valence-electron chi connectivity index (χ0n) is 19.3. The van der Waals surface area contributed by atoms with Gasteiger partial charge in [-0.1, -0.05) is 62.6 Å². The molecule has 0 atom stereocenters. The number of benzene rings is 1. The summed E-state index contributed by atoms with van der Waals surface area (Å²) < 4.78 is 33.9. The number of unbranched alkanes of at least 4 members (excludes halogenated alkanes) is 9. The largest absolute Gasteiger partial charge is 0.469 e. The average Bonchev–Trinajstić information content (AvgIpc) is 2.75. The van der Waals surface area contributed by atoms with Crippen molar-refractivity contribution in [3.05, 3.63) is 29.8 Å². The van der Waals surface area contributed by atoms with E-state index in [9.17, 15) is 13.2 Å². The van der Waals surface area contributed by atoms with Gasteiger partial charge in [-0.05, 0) is 56.2 Å². The SMILES string of the molecule is COC(=O)CCCCSCCCCCCCCCCCOS(=O)(=O)c1ccc(C)cc1. The summed E-state index contributed by atoms with van der Waals surface area (Å²) in [6, 6.07) is 6.75. The summed E-state index contributed by atoms with van der Waals surface area (Å²) in [6.45, 7) is 2.19. The van der Waals surface area contributed by atoms with Crippen LogP contribution < -0.4 is 0 Å². The van der Waals surface area contributed by atoms with E-state index in [-0.39, 0.29) is 17.5 Å². The molecule has 0 N–H and O–H groups in total. The molecule has 0 aliphatic heterocycles. The minimum Gasteiger partial charge on any atom is -0.469 e. The van der Waals surface area contributed by atoms with Gasteiger partial charge in [-0.3, -0.25) is 8.98 Å². The van der Waals surface area contributed by atoms with E-state index in [0.717, 1.165) is 43.4 Å². The van der Waals surface area contributed by atoms with E-state index in [1.807, 2.05) is 18.7 Å². The molecule has 1 aromatic rings. The van der Waals surface area contributed by atoms with E-state index < -0.39 is 10.1 Å². The van der Waals surface area contributed by atoms with Gasteiger partial charge in [-0.25, -0.2) is 0 Å². The van der Waals surface area contributed by atoms with Gasteiger partial charge in [-0.2, -0.15) is 20.2 Å². The molecule has 0 saturated carbocycles. The highest BCUT2D eigenvalue weighted by Gasteiger charge is 2.14. The molecule has 0 aliphatic rings. The fourth-order valence-electron chi connectivity index (χ4n) is 3.16. The van der Waals surface area contributed by atoms with Crippen LogP contribution >= 0.6 is 11.8 Å². The molecule has 0 aliphatic carbocycles. The Morgan fingerprint density at radius 1 is 0.806 bits per heavy atom. The smallest absolute Gasteiger partial charge is 0.305 e. The van der Waals surface area contributed by atoms with Crippen molar-refractivity contribution < 1.29 is 22.1 Å². The molecular formula is C24H40O5S2. The molecule has 0 bridgehead atoms. The van der Waals surface area contributed by atoms with Crippen molar-refractivity contribution in [2.75, 3.05) is 25.2 Å². The van der Waals surface area contributed by atoms with Gasteiger partial charge in [-0.15, -0.1) is 0 Å². The van der Waals surface area contributed by atoms with Crippen LogP contribution in [0.2, 0.25) is 0 Å². The monoisotopic (exact) mass is 472 g/mol. The number of methoxy groups -OCH3 is 1. The third-order valence-electron chi connectivity index (χ3n) is 5.13. The predicted octanol–water partition coefficient (Wildman–Crippen LogP) is 6.29. The van der Waals surface area contributed by atoms with E-state index in [1.54, 1.807) is 24.3 Å². The van der Waals surface area contributed by atoms with E-state index in [2.05, 4.69) is 4.74 Å². The molecule has 0 unspecified atom stereocenters. The number of ether oxygens (including phenoxy) is 1. The lowest BCUT2D eigenvalue weighted by atomic mass is 10.1. The van der Waals surface area contributed by atoms with Crippen LogP contribution in [0, 0.1) is 6.92 Å². The number of hydrogen-bond acceptors (Lipinski definition) is 6. The standard InChI is InChI=1S/C24H40O5S2/c1-22-15-17-23(18-16-22)31(26,27)29-19-11-8-6-4-3-5-7-9-12-20-30-21-13-10-14-24(25)28-2/h15-18H,3-14,19-21H2,1-2H3. The summed E-state index contributed by atoms with van der Waals surface area (Å²) in [4.78, 5) is 11.2. The summed E-state index contributed by atoms with van der Waals surface area (Å²) in [5, 5.41) is 0. The van der Waals surface area contributed by atoms with Crippen molar-refractivity contribution in [3.8, 4) is 0 Å². The van der Waals surface area contributed by atoms with E-state index in [1.165, 1.54) is 51.4 Å². The molecular weight excluding hydrogens is 432 g/mol. The van der Waals surface area contributed by atoms with Crippen LogP contribution in [0.25, 0.3) is 0 Å². The lowest BCUT2D eigenvalue weighted by Gasteiger charge is -2.06. The zero-order chi connectivity index (χ0) is 22.8. The molecule has 0 saturated heterocycles. The highest BCUT2D eigenvalue weighted by atomic mass is 32.2. The van der Waals surface area contributed by atoms with Crippen LogP contribution in [0.4, 0.5) is 0 Å². The molecule has 1 aromatic carbocycles. The number of carbonyl (C=O) groups is 1. The van der Waals surface area contributed by atoms with Crippen molar-refractivity contribution in [2.24, 2.45) is 0 Å². The number of thioether (sulfide) groups is 1. The molecule has 0 heterocycles. The number of hydrogen-bond donors (Lipinski definition) is 0. The van der Waals surface area contributed by atoms with Gasteiger partial charge in [0.2, 0.25) is 0 Å². The molecule has 0 spiro atoms. The van der Waals surface area contributed by atoms with Crippen LogP contribution in [-0.4, -0.2) is 39.6 Å². The maximum Gasteiger partial charge on any atom is 0.305 e. The Labute approximate surface area is 193 Å². The third-order valence-corrected chi connectivity index (χ3v) is 7.61. The van der Waals surface area contributed by atoms with E-state index in [0.29, 0.717) is 6.42 Å². The molecule has 31 heavy (non-hydrogen) atoms. The Hall–Kier alpha value is -1.05. The molecule has 0 amide bonds. The second-order valence-electron chi connectivity index (χ2n) is 7.92. The molecule has 0 aromatic heterocycles. The molecule has 5 nitrogen and oxygen atoms in total. The summed E-state index contributed by atoms with van der Waals surface area (Å²) in [6.07, 6.45) is 13.1. The summed E-state index contributed by atoms with van der Waals surface area (Å²) >= 11 is 1.99. The lowest BCUT2D eigenvalue weighted by Crippen LogP contribution is -2.07. The van der Waals surface area contributed by atoms with Gasteiger partial charge in [0.25, 0.3) is 10.1 Å². The average molecular weight is 473 g/mol. The number of carbonyl (C=O) groups excluding carboxylic acids is 1. The van der Waals surface area contributed by atoms with Gasteiger partial charge in [0.1, 0.15) is 0 Å². The first-order chi connectivity index (χ1) is 15.0. The zero-order valence-corrected chi connectivity index (χ0v) is 20.9. The molecule has 0 fully saturated rings. The first-order valence-corrected chi connectivity index (χ1v) is 14.1. The van der Waals surface area contributed by atoms with Crippen molar-refractivity contribution in [3.63, 3.8) is 0 Å².